The minimum atomic E-state index is 0.355. The van der Waals surface area contributed by atoms with Gasteiger partial charge in [-0.25, -0.2) is 0 Å². The van der Waals surface area contributed by atoms with Gasteiger partial charge in [0.2, 0.25) is 0 Å². The number of piperazine rings is 1. The molecule has 1 N–H and O–H groups in total. The molecule has 5 atom stereocenters. The first-order chi connectivity index (χ1) is 8.11. The summed E-state index contributed by atoms with van der Waals surface area (Å²) in [6, 6.07) is 1.65. The van der Waals surface area contributed by atoms with Crippen LogP contribution in [-0.4, -0.2) is 35.6 Å². The van der Waals surface area contributed by atoms with E-state index >= 15 is 0 Å². The average molecular weight is 236 g/mol. The van der Waals surface area contributed by atoms with Crippen LogP contribution in [0.2, 0.25) is 0 Å². The van der Waals surface area contributed by atoms with Crippen molar-refractivity contribution >= 4 is 0 Å². The lowest BCUT2D eigenvalue weighted by Crippen LogP contribution is -2.64. The van der Waals surface area contributed by atoms with E-state index in [1.165, 1.54) is 45.2 Å². The molecule has 0 radical (unpaired) electrons. The summed E-state index contributed by atoms with van der Waals surface area (Å²) < 4.78 is 0. The summed E-state index contributed by atoms with van der Waals surface area (Å²) in [6.07, 6.45) is 7.30. The smallest absolute Gasteiger partial charge is 0.0278 e. The van der Waals surface area contributed by atoms with Crippen LogP contribution in [0.15, 0.2) is 0 Å². The van der Waals surface area contributed by atoms with Gasteiger partial charge in [-0.1, -0.05) is 13.3 Å². The molecule has 2 aliphatic carbocycles. The highest BCUT2D eigenvalue weighted by atomic mass is 15.3. The van der Waals surface area contributed by atoms with Gasteiger partial charge in [-0.15, -0.1) is 0 Å². The van der Waals surface area contributed by atoms with Crippen LogP contribution in [0.5, 0.6) is 0 Å². The summed E-state index contributed by atoms with van der Waals surface area (Å²) in [7, 11) is 0. The first-order valence-electron chi connectivity index (χ1n) is 7.62. The fourth-order valence-corrected chi connectivity index (χ4v) is 4.42. The standard InChI is InChI=1S/C15H28N2/c1-4-15(3)10-17(11(2)9-16-15)14-8-12-5-6-13(14)7-12/h11-14,16H,4-10H2,1-3H3. The van der Waals surface area contributed by atoms with Gasteiger partial charge in [0.05, 0.1) is 0 Å². The molecule has 2 saturated carbocycles. The van der Waals surface area contributed by atoms with Crippen LogP contribution < -0.4 is 5.32 Å². The van der Waals surface area contributed by atoms with Gasteiger partial charge in [0.1, 0.15) is 0 Å². The van der Waals surface area contributed by atoms with Gasteiger partial charge in [-0.3, -0.25) is 4.90 Å². The van der Waals surface area contributed by atoms with Gasteiger partial charge in [0.25, 0.3) is 0 Å². The van der Waals surface area contributed by atoms with Crippen LogP contribution in [0.25, 0.3) is 0 Å². The fraction of sp³-hybridized carbons (Fsp3) is 1.00. The van der Waals surface area contributed by atoms with E-state index in [-0.39, 0.29) is 0 Å². The Hall–Kier alpha value is -0.0800. The Morgan fingerprint density at radius 2 is 2.12 bits per heavy atom. The highest BCUT2D eigenvalue weighted by Gasteiger charge is 2.46. The van der Waals surface area contributed by atoms with Crippen molar-refractivity contribution in [2.45, 2.75) is 70.5 Å². The van der Waals surface area contributed by atoms with Crippen molar-refractivity contribution in [1.82, 2.24) is 10.2 Å². The van der Waals surface area contributed by atoms with Crippen molar-refractivity contribution in [3.8, 4) is 0 Å². The summed E-state index contributed by atoms with van der Waals surface area (Å²) in [5.41, 5.74) is 0.355. The van der Waals surface area contributed by atoms with Crippen LogP contribution in [0.1, 0.15) is 52.9 Å². The van der Waals surface area contributed by atoms with Gasteiger partial charge >= 0.3 is 0 Å². The largest absolute Gasteiger partial charge is 0.309 e. The highest BCUT2D eigenvalue weighted by Crippen LogP contribution is 2.47. The molecule has 1 saturated heterocycles. The maximum absolute atomic E-state index is 3.75. The zero-order chi connectivity index (χ0) is 12.0. The Bertz CT molecular complexity index is 291. The normalized spacial score (nSPS) is 51.0. The third-order valence-electron chi connectivity index (χ3n) is 5.83. The average Bonchev–Trinajstić information content (AvgIpc) is 2.94. The molecule has 3 aliphatic rings. The molecule has 0 aromatic carbocycles. The van der Waals surface area contributed by atoms with E-state index in [2.05, 4.69) is 31.0 Å². The van der Waals surface area contributed by atoms with Gasteiger partial charge in [0, 0.05) is 30.7 Å². The maximum atomic E-state index is 3.75. The Labute approximate surface area is 106 Å². The molecule has 0 aromatic rings. The zero-order valence-electron chi connectivity index (χ0n) is 11.7. The third-order valence-corrected chi connectivity index (χ3v) is 5.83. The minimum absolute atomic E-state index is 0.355. The molecule has 0 aromatic heterocycles. The number of nitrogens with zero attached hydrogens (tertiary/aromatic N) is 1. The molecule has 2 nitrogen and oxygen atoms in total. The highest BCUT2D eigenvalue weighted by molar-refractivity contribution is 5.01. The van der Waals surface area contributed by atoms with Crippen LogP contribution in [-0.2, 0) is 0 Å². The van der Waals surface area contributed by atoms with E-state index in [4.69, 9.17) is 0 Å². The lowest BCUT2D eigenvalue weighted by molar-refractivity contribution is 0.0311. The molecule has 17 heavy (non-hydrogen) atoms. The summed E-state index contributed by atoms with van der Waals surface area (Å²) in [6.45, 7) is 9.58. The molecule has 0 spiro atoms. The van der Waals surface area contributed by atoms with Gasteiger partial charge in [-0.2, -0.15) is 0 Å². The number of fused-ring (bicyclic) bond motifs is 2. The molecular formula is C15H28N2. The van der Waals surface area contributed by atoms with Gasteiger partial charge < -0.3 is 5.32 Å². The van der Waals surface area contributed by atoms with E-state index in [1.807, 2.05) is 0 Å². The second-order valence-corrected chi connectivity index (χ2v) is 7.06. The Balaban J connectivity index is 1.72. The predicted molar refractivity (Wildman–Crippen MR) is 72.1 cm³/mol. The molecule has 98 valence electrons. The van der Waals surface area contributed by atoms with E-state index < -0.39 is 0 Å². The quantitative estimate of drug-likeness (QED) is 0.793. The second kappa shape index (κ2) is 4.24. The first kappa shape index (κ1) is 12.0. The molecular weight excluding hydrogens is 208 g/mol. The second-order valence-electron chi connectivity index (χ2n) is 7.06. The van der Waals surface area contributed by atoms with E-state index in [1.54, 1.807) is 0 Å². The first-order valence-corrected chi connectivity index (χ1v) is 7.62. The topological polar surface area (TPSA) is 15.3 Å². The van der Waals surface area contributed by atoms with Crippen molar-refractivity contribution in [2.75, 3.05) is 13.1 Å². The molecule has 2 heteroatoms. The summed E-state index contributed by atoms with van der Waals surface area (Å²) in [5.74, 6) is 2.10. The maximum Gasteiger partial charge on any atom is 0.0278 e. The van der Waals surface area contributed by atoms with E-state index in [0.29, 0.717) is 5.54 Å². The zero-order valence-corrected chi connectivity index (χ0v) is 11.7. The Kier molecular flexibility index (Phi) is 2.99. The summed E-state index contributed by atoms with van der Waals surface area (Å²) >= 11 is 0. The lowest BCUT2D eigenvalue weighted by Gasteiger charge is -2.49. The van der Waals surface area contributed by atoms with Crippen LogP contribution in [0, 0.1) is 11.8 Å². The fourth-order valence-electron chi connectivity index (χ4n) is 4.42. The summed E-state index contributed by atoms with van der Waals surface area (Å²) in [4.78, 5) is 2.85. The molecule has 3 rings (SSSR count). The van der Waals surface area contributed by atoms with Crippen molar-refractivity contribution < 1.29 is 0 Å². The SMILES string of the molecule is CCC1(C)CN(C2CC3CCC2C3)C(C)CN1. The predicted octanol–water partition coefficient (Wildman–Crippen LogP) is 2.64. The van der Waals surface area contributed by atoms with E-state index in [0.717, 1.165) is 23.9 Å². The monoisotopic (exact) mass is 236 g/mol. The van der Waals surface area contributed by atoms with Crippen molar-refractivity contribution in [3.63, 3.8) is 0 Å². The van der Waals surface area contributed by atoms with Crippen LogP contribution in [0.3, 0.4) is 0 Å². The molecule has 5 unspecified atom stereocenters. The number of hydrogen-bond donors (Lipinski definition) is 1. The van der Waals surface area contributed by atoms with E-state index in [9.17, 15) is 0 Å². The molecule has 2 bridgehead atoms. The van der Waals surface area contributed by atoms with Crippen molar-refractivity contribution in [2.24, 2.45) is 11.8 Å². The van der Waals surface area contributed by atoms with Crippen LogP contribution in [0.4, 0.5) is 0 Å². The number of hydrogen-bond acceptors (Lipinski definition) is 2. The minimum Gasteiger partial charge on any atom is -0.309 e. The van der Waals surface area contributed by atoms with Crippen LogP contribution >= 0.6 is 0 Å². The molecule has 1 heterocycles. The third kappa shape index (κ3) is 2.04. The van der Waals surface area contributed by atoms with Crippen molar-refractivity contribution in [1.29, 1.82) is 0 Å². The Morgan fingerprint density at radius 1 is 1.29 bits per heavy atom. The summed E-state index contributed by atoms with van der Waals surface area (Å²) in [5, 5.41) is 3.75. The molecule has 1 aliphatic heterocycles. The van der Waals surface area contributed by atoms with Crippen molar-refractivity contribution in [3.05, 3.63) is 0 Å². The van der Waals surface area contributed by atoms with Gasteiger partial charge in [0.15, 0.2) is 0 Å². The number of rotatable bonds is 2. The van der Waals surface area contributed by atoms with Gasteiger partial charge in [-0.05, 0) is 51.4 Å². The molecule has 3 fully saturated rings. The number of nitrogens with one attached hydrogen (secondary N) is 1. The molecule has 0 amide bonds. The lowest BCUT2D eigenvalue weighted by atomic mass is 9.88. The Morgan fingerprint density at radius 3 is 2.71 bits per heavy atom.